The third-order valence-electron chi connectivity index (χ3n) is 4.19. The van der Waals surface area contributed by atoms with Crippen LogP contribution in [0, 0.1) is 5.92 Å². The van der Waals surface area contributed by atoms with Crippen molar-refractivity contribution < 1.29 is 23.0 Å². The number of pyridine rings is 1. The maximum atomic E-state index is 12.5. The maximum absolute atomic E-state index is 12.5. The van der Waals surface area contributed by atoms with Crippen LogP contribution in [0.25, 0.3) is 0 Å². The minimum Gasteiger partial charge on any atom is -0.482 e. The van der Waals surface area contributed by atoms with Crippen LogP contribution < -0.4 is 15.3 Å². The lowest BCUT2D eigenvalue weighted by atomic mass is 9.99. The van der Waals surface area contributed by atoms with E-state index in [1.165, 1.54) is 48.5 Å². The molecule has 2 aliphatic heterocycles. The minimum atomic E-state index is -2.63. The van der Waals surface area contributed by atoms with Crippen molar-refractivity contribution in [3.63, 3.8) is 0 Å². The molecule has 11 heteroatoms. The van der Waals surface area contributed by atoms with Crippen molar-refractivity contribution in [2.45, 2.75) is 32.6 Å². The lowest BCUT2D eigenvalue weighted by Crippen LogP contribution is -2.28. The standard InChI is InChI=1S/C18H21ClF2N4O2S.C2H4O/c19-13-9-14(26-11-15(20)21)18(23-10-13)27-17-3-6-25(22)16(24-17)2-1-12-4-7-28-8-5-12;1-2-3/h2-3,6,9-10,12,15H,1,4-5,7-8,11,22H2;2H,1H3/b16-2-;. The first-order valence-electron chi connectivity index (χ1n) is 9.65. The van der Waals surface area contributed by atoms with Crippen molar-refractivity contribution >= 4 is 35.5 Å². The zero-order valence-corrected chi connectivity index (χ0v) is 18.6. The van der Waals surface area contributed by atoms with Gasteiger partial charge in [0.1, 0.15) is 18.7 Å². The van der Waals surface area contributed by atoms with Crippen molar-refractivity contribution in [2.75, 3.05) is 18.1 Å². The van der Waals surface area contributed by atoms with E-state index < -0.39 is 13.0 Å². The van der Waals surface area contributed by atoms with Crippen molar-refractivity contribution in [3.8, 4) is 11.6 Å². The molecule has 2 N–H and O–H groups in total. The van der Waals surface area contributed by atoms with E-state index in [0.29, 0.717) is 11.7 Å². The van der Waals surface area contributed by atoms with Crippen molar-refractivity contribution in [3.05, 3.63) is 41.5 Å². The molecule has 0 saturated carbocycles. The Kier molecular flexibility index (Phi) is 10.8. The highest BCUT2D eigenvalue weighted by molar-refractivity contribution is 7.99. The highest BCUT2D eigenvalue weighted by Gasteiger charge is 2.17. The number of halogens is 3. The van der Waals surface area contributed by atoms with Gasteiger partial charge in [-0.3, -0.25) is 5.01 Å². The van der Waals surface area contributed by atoms with E-state index in [1.54, 1.807) is 12.3 Å². The first-order valence-corrected chi connectivity index (χ1v) is 11.2. The average Bonchev–Trinajstić information content (AvgIpc) is 2.75. The first-order chi connectivity index (χ1) is 14.9. The van der Waals surface area contributed by atoms with Crippen LogP contribution in [0.5, 0.6) is 11.6 Å². The van der Waals surface area contributed by atoms with Gasteiger partial charge in [-0.15, -0.1) is 0 Å². The summed E-state index contributed by atoms with van der Waals surface area (Å²) in [4.78, 5) is 17.2. The lowest BCUT2D eigenvalue weighted by molar-refractivity contribution is -0.106. The van der Waals surface area contributed by atoms with Crippen LogP contribution in [0.4, 0.5) is 8.78 Å². The molecule has 0 unspecified atom stereocenters. The van der Waals surface area contributed by atoms with E-state index in [2.05, 4.69) is 9.98 Å². The number of hydrogen-bond acceptors (Lipinski definition) is 8. The number of ether oxygens (including phenoxy) is 2. The number of aldehydes is 1. The highest BCUT2D eigenvalue weighted by atomic mass is 35.5. The molecule has 1 saturated heterocycles. The highest BCUT2D eigenvalue weighted by Crippen LogP contribution is 2.29. The Labute approximate surface area is 189 Å². The van der Waals surface area contributed by atoms with Gasteiger partial charge in [0.25, 0.3) is 12.3 Å². The molecule has 0 bridgehead atoms. The van der Waals surface area contributed by atoms with Crippen molar-refractivity contribution in [2.24, 2.45) is 16.8 Å². The summed E-state index contributed by atoms with van der Waals surface area (Å²) < 4.78 is 35.6. The second-order valence-electron chi connectivity index (χ2n) is 6.52. The molecule has 3 rings (SSSR count). The number of hydrazine groups is 1. The zero-order valence-electron chi connectivity index (χ0n) is 17.0. The molecule has 3 heterocycles. The number of carbonyl (C=O) groups excluding carboxylic acids is 1. The van der Waals surface area contributed by atoms with Crippen LogP contribution in [-0.4, -0.2) is 46.7 Å². The average molecular weight is 475 g/mol. The quantitative estimate of drug-likeness (QED) is 0.481. The van der Waals surface area contributed by atoms with Gasteiger partial charge in [-0.05, 0) is 49.7 Å². The van der Waals surface area contributed by atoms with Gasteiger partial charge in [-0.25, -0.2) is 19.6 Å². The van der Waals surface area contributed by atoms with E-state index in [4.69, 9.17) is 31.7 Å². The normalized spacial score (nSPS) is 17.8. The molecule has 0 aliphatic carbocycles. The molecule has 2 aliphatic rings. The predicted octanol–water partition coefficient (Wildman–Crippen LogP) is 4.44. The van der Waals surface area contributed by atoms with Gasteiger partial charge >= 0.3 is 0 Å². The number of carbonyl (C=O) groups is 1. The number of nitrogens with zero attached hydrogens (tertiary/aromatic N) is 3. The summed E-state index contributed by atoms with van der Waals surface area (Å²) in [5.74, 6) is 9.74. The molecule has 0 amide bonds. The molecule has 170 valence electrons. The smallest absolute Gasteiger partial charge is 0.272 e. The largest absolute Gasteiger partial charge is 0.482 e. The summed E-state index contributed by atoms with van der Waals surface area (Å²) in [6, 6.07) is 1.37. The maximum Gasteiger partial charge on any atom is 0.272 e. The number of allylic oxidation sites excluding steroid dienone is 1. The van der Waals surface area contributed by atoms with E-state index in [1.807, 2.05) is 17.8 Å². The molecular formula is C20H25ClF2N4O3S. The van der Waals surface area contributed by atoms with E-state index >= 15 is 0 Å². The number of nitrogens with two attached hydrogens (primary N) is 1. The Balaban J connectivity index is 0.00000107. The van der Waals surface area contributed by atoms with Crippen LogP contribution in [-0.2, 0) is 4.79 Å². The number of aliphatic imine (C=N–C) groups is 1. The van der Waals surface area contributed by atoms with E-state index in [-0.39, 0.29) is 22.5 Å². The third-order valence-corrected chi connectivity index (χ3v) is 5.45. The number of rotatable bonds is 6. The minimum absolute atomic E-state index is 0.00239. The number of aromatic nitrogens is 1. The molecule has 0 spiro atoms. The van der Waals surface area contributed by atoms with Gasteiger partial charge in [0.05, 0.1) is 5.02 Å². The Morgan fingerprint density at radius 1 is 1.42 bits per heavy atom. The monoisotopic (exact) mass is 474 g/mol. The second-order valence-corrected chi connectivity index (χ2v) is 8.18. The summed E-state index contributed by atoms with van der Waals surface area (Å²) in [6.45, 7) is 0.655. The fourth-order valence-electron chi connectivity index (χ4n) is 2.73. The Bertz CT molecular complexity index is 818. The zero-order chi connectivity index (χ0) is 22.6. The van der Waals surface area contributed by atoms with Crippen LogP contribution in [0.1, 0.15) is 26.2 Å². The van der Waals surface area contributed by atoms with Gasteiger partial charge < -0.3 is 14.3 Å². The SMILES string of the molecule is CC=O.NN1C=CC(Oc2ncc(Cl)cc2OCC(F)F)=N/C1=C/CC1CCSCC1. The number of thioether (sulfide) groups is 1. The third kappa shape index (κ3) is 8.84. The molecular weight excluding hydrogens is 450 g/mol. The molecule has 1 aromatic rings. The summed E-state index contributed by atoms with van der Waals surface area (Å²) in [7, 11) is 0. The molecule has 0 atom stereocenters. The lowest BCUT2D eigenvalue weighted by Gasteiger charge is -2.22. The van der Waals surface area contributed by atoms with Gasteiger partial charge in [-0.2, -0.15) is 16.8 Å². The molecule has 1 fully saturated rings. The predicted molar refractivity (Wildman–Crippen MR) is 118 cm³/mol. The summed E-state index contributed by atoms with van der Waals surface area (Å²) in [6.07, 6.45) is 7.86. The van der Waals surface area contributed by atoms with Crippen LogP contribution in [0.15, 0.2) is 41.4 Å². The number of hydrogen-bond donors (Lipinski definition) is 1. The molecule has 1 aromatic heterocycles. The second kappa shape index (κ2) is 13.3. The fraction of sp³-hybridized carbons (Fsp3) is 0.450. The van der Waals surface area contributed by atoms with Gasteiger partial charge in [0.15, 0.2) is 5.75 Å². The molecule has 0 radical (unpaired) electrons. The van der Waals surface area contributed by atoms with Gasteiger partial charge in [0.2, 0.25) is 5.90 Å². The van der Waals surface area contributed by atoms with Crippen LogP contribution >= 0.6 is 23.4 Å². The molecule has 7 nitrogen and oxygen atoms in total. The molecule has 31 heavy (non-hydrogen) atoms. The van der Waals surface area contributed by atoms with Crippen LogP contribution in [0.2, 0.25) is 5.02 Å². The van der Waals surface area contributed by atoms with Crippen molar-refractivity contribution in [1.29, 1.82) is 0 Å². The summed E-state index contributed by atoms with van der Waals surface area (Å²) in [5, 5.41) is 1.66. The van der Waals surface area contributed by atoms with Crippen molar-refractivity contribution in [1.82, 2.24) is 9.99 Å². The van der Waals surface area contributed by atoms with Gasteiger partial charge in [-0.1, -0.05) is 11.6 Å². The topological polar surface area (TPSA) is 90.0 Å². The number of alkyl halides is 2. The fourth-order valence-corrected chi connectivity index (χ4v) is 4.08. The Morgan fingerprint density at radius 2 is 2.13 bits per heavy atom. The molecule has 0 aromatic carbocycles. The Morgan fingerprint density at radius 3 is 2.81 bits per heavy atom. The summed E-state index contributed by atoms with van der Waals surface area (Å²) >= 11 is 7.85. The summed E-state index contributed by atoms with van der Waals surface area (Å²) in [5.41, 5.74) is 0. The Hall–Kier alpha value is -2.17. The van der Waals surface area contributed by atoms with E-state index in [0.717, 1.165) is 12.7 Å². The first kappa shape index (κ1) is 25.1. The van der Waals surface area contributed by atoms with Gasteiger partial charge in [0, 0.05) is 24.5 Å². The van der Waals surface area contributed by atoms with E-state index in [9.17, 15) is 8.78 Å². The van der Waals surface area contributed by atoms with Crippen LogP contribution in [0.3, 0.4) is 0 Å².